The van der Waals surface area contributed by atoms with Crippen molar-refractivity contribution in [1.29, 1.82) is 0 Å². The average Bonchev–Trinajstić information content (AvgIpc) is 2.35. The number of aromatic nitrogens is 1. The van der Waals surface area contributed by atoms with Crippen molar-refractivity contribution in [2.45, 2.75) is 0 Å². The zero-order valence-electron chi connectivity index (χ0n) is 10.5. The van der Waals surface area contributed by atoms with Crippen LogP contribution in [0, 0.1) is 0 Å². The fraction of sp³-hybridized carbons (Fsp3) is 0.143. The van der Waals surface area contributed by atoms with Crippen LogP contribution in [0.15, 0.2) is 39.5 Å². The molecule has 3 rings (SSSR count). The zero-order valence-corrected chi connectivity index (χ0v) is 10.5. The van der Waals surface area contributed by atoms with Gasteiger partial charge in [-0.3, -0.25) is 4.79 Å². The lowest BCUT2D eigenvalue weighted by Crippen LogP contribution is -2.08. The Balaban J connectivity index is 2.36. The maximum atomic E-state index is 11.4. The minimum Gasteiger partial charge on any atom is -0.505 e. The third kappa shape index (κ3) is 1.89. The molecule has 19 heavy (non-hydrogen) atoms. The Hall–Kier alpha value is -2.56. The first-order valence-corrected chi connectivity index (χ1v) is 5.79. The topological polar surface area (TPSA) is 66.6 Å². The maximum absolute atomic E-state index is 11.4. The number of benzene rings is 2. The predicted octanol–water partition coefficient (Wildman–Crippen LogP) is 2.06. The van der Waals surface area contributed by atoms with Gasteiger partial charge in [0.2, 0.25) is 0 Å². The fourth-order valence-electron chi connectivity index (χ4n) is 1.95. The Morgan fingerprint density at radius 3 is 2.74 bits per heavy atom. The molecule has 0 unspecified atom stereocenters. The van der Waals surface area contributed by atoms with Crippen LogP contribution in [-0.4, -0.2) is 24.2 Å². The van der Waals surface area contributed by atoms with Crippen molar-refractivity contribution in [2.24, 2.45) is 0 Å². The van der Waals surface area contributed by atoms with Gasteiger partial charge in [0.1, 0.15) is 17.0 Å². The first-order chi connectivity index (χ1) is 9.04. The average molecular weight is 256 g/mol. The van der Waals surface area contributed by atoms with Crippen LogP contribution >= 0.6 is 0 Å². The number of hydrogen-bond acceptors (Lipinski definition) is 5. The van der Waals surface area contributed by atoms with Crippen molar-refractivity contribution < 1.29 is 9.52 Å². The Kier molecular flexibility index (Phi) is 2.41. The SMILES string of the molecule is CN(C)c1ccc2nc3c(O)cc(=O)cc-3oc2c1. The van der Waals surface area contributed by atoms with E-state index >= 15 is 0 Å². The smallest absolute Gasteiger partial charge is 0.186 e. The van der Waals surface area contributed by atoms with E-state index in [2.05, 4.69) is 4.98 Å². The molecular formula is C14H12N2O3. The Morgan fingerprint density at radius 1 is 1.21 bits per heavy atom. The van der Waals surface area contributed by atoms with Gasteiger partial charge in [-0.15, -0.1) is 0 Å². The zero-order chi connectivity index (χ0) is 13.6. The van der Waals surface area contributed by atoms with Crippen molar-refractivity contribution in [1.82, 2.24) is 4.98 Å². The van der Waals surface area contributed by atoms with Gasteiger partial charge in [0.05, 0.1) is 0 Å². The van der Waals surface area contributed by atoms with Crippen LogP contribution < -0.4 is 10.3 Å². The monoisotopic (exact) mass is 256 g/mol. The summed E-state index contributed by atoms with van der Waals surface area (Å²) in [7, 11) is 3.86. The van der Waals surface area contributed by atoms with E-state index < -0.39 is 0 Å². The largest absolute Gasteiger partial charge is 0.505 e. The molecule has 0 saturated heterocycles. The molecule has 0 atom stereocenters. The van der Waals surface area contributed by atoms with Crippen LogP contribution in [0.4, 0.5) is 5.69 Å². The molecule has 0 fully saturated rings. The van der Waals surface area contributed by atoms with E-state index in [1.807, 2.05) is 37.2 Å². The molecule has 96 valence electrons. The van der Waals surface area contributed by atoms with Crippen LogP contribution in [0.3, 0.4) is 0 Å². The molecule has 5 nitrogen and oxygen atoms in total. The molecule has 0 saturated carbocycles. The van der Waals surface area contributed by atoms with Crippen molar-refractivity contribution in [3.63, 3.8) is 0 Å². The summed E-state index contributed by atoms with van der Waals surface area (Å²) in [6.07, 6.45) is 0. The standard InChI is InChI=1S/C14H12N2O3/c1-16(2)8-3-4-10-12(5-8)19-13-7-9(17)6-11(18)14(13)15-10/h3-7,18H,1-2H3. The summed E-state index contributed by atoms with van der Waals surface area (Å²) in [5.74, 6) is 0.123. The van der Waals surface area contributed by atoms with Gasteiger partial charge in [-0.1, -0.05) is 0 Å². The number of rotatable bonds is 1. The van der Waals surface area contributed by atoms with Gasteiger partial charge in [-0.25, -0.2) is 4.98 Å². The van der Waals surface area contributed by atoms with Gasteiger partial charge in [-0.2, -0.15) is 0 Å². The number of hydrogen-bond donors (Lipinski definition) is 1. The molecule has 1 aliphatic heterocycles. The van der Waals surface area contributed by atoms with Crippen LogP contribution in [0.2, 0.25) is 0 Å². The highest BCUT2D eigenvalue weighted by Crippen LogP contribution is 2.31. The number of nitrogens with zero attached hydrogens (tertiary/aromatic N) is 2. The van der Waals surface area contributed by atoms with Crippen molar-refractivity contribution in [3.8, 4) is 17.2 Å². The molecular weight excluding hydrogens is 244 g/mol. The number of anilines is 1. The van der Waals surface area contributed by atoms with Gasteiger partial charge in [0.15, 0.2) is 16.8 Å². The molecule has 2 aliphatic rings. The molecule has 1 aromatic rings. The summed E-state index contributed by atoms with van der Waals surface area (Å²) < 4.78 is 5.65. The van der Waals surface area contributed by atoms with E-state index in [1.54, 1.807) is 0 Å². The molecule has 1 aliphatic carbocycles. The van der Waals surface area contributed by atoms with E-state index in [4.69, 9.17) is 4.42 Å². The van der Waals surface area contributed by atoms with Crippen molar-refractivity contribution in [3.05, 3.63) is 40.6 Å². The Morgan fingerprint density at radius 2 is 2.00 bits per heavy atom. The summed E-state index contributed by atoms with van der Waals surface area (Å²) in [5.41, 5.74) is 2.17. The van der Waals surface area contributed by atoms with E-state index in [9.17, 15) is 9.90 Å². The number of fused-ring (bicyclic) bond motifs is 2. The van der Waals surface area contributed by atoms with E-state index in [0.29, 0.717) is 16.8 Å². The van der Waals surface area contributed by atoms with Gasteiger partial charge in [0, 0.05) is 38.0 Å². The van der Waals surface area contributed by atoms with Crippen LogP contribution in [0.5, 0.6) is 5.75 Å². The lowest BCUT2D eigenvalue weighted by Gasteiger charge is -2.13. The van der Waals surface area contributed by atoms with E-state index in [1.165, 1.54) is 6.07 Å². The first kappa shape index (κ1) is 11.5. The quantitative estimate of drug-likeness (QED) is 0.675. The second-order valence-corrected chi connectivity index (χ2v) is 4.55. The summed E-state index contributed by atoms with van der Waals surface area (Å²) >= 11 is 0. The van der Waals surface area contributed by atoms with Gasteiger partial charge in [-0.05, 0) is 12.1 Å². The van der Waals surface area contributed by atoms with Crippen LogP contribution in [0.25, 0.3) is 22.6 Å². The lowest BCUT2D eigenvalue weighted by atomic mass is 10.2. The molecule has 0 bridgehead atoms. The predicted molar refractivity (Wildman–Crippen MR) is 72.9 cm³/mol. The Bertz CT molecular complexity index is 792. The highest BCUT2D eigenvalue weighted by Gasteiger charge is 2.15. The number of phenolic OH excluding ortho intramolecular Hbond substituents is 1. The summed E-state index contributed by atoms with van der Waals surface area (Å²) in [5, 5.41) is 9.72. The minimum atomic E-state index is -0.307. The molecule has 5 heteroatoms. The number of aromatic hydroxyl groups is 1. The second-order valence-electron chi connectivity index (χ2n) is 4.55. The summed E-state index contributed by atoms with van der Waals surface area (Å²) in [4.78, 5) is 17.6. The number of phenols is 1. The normalized spacial score (nSPS) is 11.1. The molecule has 0 amide bonds. The van der Waals surface area contributed by atoms with Crippen LogP contribution in [0.1, 0.15) is 0 Å². The van der Waals surface area contributed by atoms with Crippen LogP contribution in [-0.2, 0) is 0 Å². The fourth-order valence-corrected chi connectivity index (χ4v) is 1.95. The third-order valence-electron chi connectivity index (χ3n) is 2.94. The van der Waals surface area contributed by atoms with E-state index in [-0.39, 0.29) is 16.9 Å². The summed E-state index contributed by atoms with van der Waals surface area (Å²) in [6, 6.07) is 8.03. The molecule has 0 radical (unpaired) electrons. The maximum Gasteiger partial charge on any atom is 0.186 e. The van der Waals surface area contributed by atoms with E-state index in [0.717, 1.165) is 11.8 Å². The molecule has 0 aromatic heterocycles. The minimum absolute atomic E-state index is 0.162. The highest BCUT2D eigenvalue weighted by atomic mass is 16.3. The van der Waals surface area contributed by atoms with Gasteiger partial charge < -0.3 is 14.4 Å². The molecule has 1 heterocycles. The highest BCUT2D eigenvalue weighted by molar-refractivity contribution is 5.81. The molecule has 0 spiro atoms. The van der Waals surface area contributed by atoms with Crippen molar-refractivity contribution >= 4 is 16.8 Å². The van der Waals surface area contributed by atoms with Gasteiger partial charge in [0.25, 0.3) is 0 Å². The first-order valence-electron chi connectivity index (χ1n) is 5.79. The Labute approximate surface area is 109 Å². The van der Waals surface area contributed by atoms with Crippen molar-refractivity contribution in [2.75, 3.05) is 19.0 Å². The lowest BCUT2D eigenvalue weighted by molar-refractivity contribution is 0.470. The van der Waals surface area contributed by atoms with Gasteiger partial charge >= 0.3 is 0 Å². The molecule has 1 N–H and O–H groups in total. The summed E-state index contributed by atoms with van der Waals surface area (Å²) in [6.45, 7) is 0. The molecule has 1 aromatic carbocycles. The second kappa shape index (κ2) is 3.98. The third-order valence-corrected chi connectivity index (χ3v) is 2.94.